The summed E-state index contributed by atoms with van der Waals surface area (Å²) in [5.74, 6) is 0.639. The highest BCUT2D eigenvalue weighted by Gasteiger charge is 2.20. The third-order valence-electron chi connectivity index (χ3n) is 4.38. The second-order valence-electron chi connectivity index (χ2n) is 6.04. The molecule has 0 bridgehead atoms. The van der Waals surface area contributed by atoms with Crippen LogP contribution in [-0.2, 0) is 6.42 Å². The first kappa shape index (κ1) is 14.6. The molecule has 1 heterocycles. The monoisotopic (exact) mass is 314 g/mol. The fraction of sp³-hybridized carbons (Fsp3) is 0.143. The molecule has 0 spiro atoms. The lowest BCUT2D eigenvalue weighted by Gasteiger charge is -2.18. The SMILES string of the molecule is O=c1[nH]c(-c2ccccc2)nc2c1CCCC2=Cc1ccccc1. The Labute approximate surface area is 140 Å². The Bertz CT molecular complexity index is 941. The predicted molar refractivity (Wildman–Crippen MR) is 97.5 cm³/mol. The van der Waals surface area contributed by atoms with E-state index >= 15 is 0 Å². The molecule has 4 rings (SSSR count). The van der Waals surface area contributed by atoms with Gasteiger partial charge in [0.05, 0.1) is 5.69 Å². The number of rotatable bonds is 2. The molecule has 3 heteroatoms. The molecule has 0 radical (unpaired) electrons. The lowest BCUT2D eigenvalue weighted by Crippen LogP contribution is -2.21. The Kier molecular flexibility index (Phi) is 3.83. The second-order valence-corrected chi connectivity index (χ2v) is 6.04. The van der Waals surface area contributed by atoms with E-state index < -0.39 is 0 Å². The van der Waals surface area contributed by atoms with Gasteiger partial charge in [-0.1, -0.05) is 60.7 Å². The number of benzene rings is 2. The highest BCUT2D eigenvalue weighted by Crippen LogP contribution is 2.30. The summed E-state index contributed by atoms with van der Waals surface area (Å²) in [6.07, 6.45) is 4.88. The van der Waals surface area contributed by atoms with E-state index in [1.165, 1.54) is 0 Å². The third kappa shape index (κ3) is 2.81. The van der Waals surface area contributed by atoms with Crippen molar-refractivity contribution in [2.45, 2.75) is 19.3 Å². The molecule has 24 heavy (non-hydrogen) atoms. The van der Waals surface area contributed by atoms with Crippen molar-refractivity contribution < 1.29 is 0 Å². The van der Waals surface area contributed by atoms with Crippen LogP contribution in [0.15, 0.2) is 65.5 Å². The van der Waals surface area contributed by atoms with E-state index in [9.17, 15) is 4.79 Å². The highest BCUT2D eigenvalue weighted by molar-refractivity contribution is 5.82. The largest absolute Gasteiger partial charge is 0.306 e. The summed E-state index contributed by atoms with van der Waals surface area (Å²) in [6, 6.07) is 20.0. The quantitative estimate of drug-likeness (QED) is 0.766. The molecule has 0 atom stereocenters. The summed E-state index contributed by atoms with van der Waals surface area (Å²) in [7, 11) is 0. The molecule has 0 aliphatic heterocycles. The van der Waals surface area contributed by atoms with Crippen LogP contribution in [0.25, 0.3) is 23.0 Å². The van der Waals surface area contributed by atoms with Crippen LogP contribution in [0.4, 0.5) is 0 Å². The highest BCUT2D eigenvalue weighted by atomic mass is 16.1. The minimum absolute atomic E-state index is 0.0162. The lowest BCUT2D eigenvalue weighted by molar-refractivity contribution is 0.792. The maximum atomic E-state index is 12.5. The van der Waals surface area contributed by atoms with Crippen LogP contribution in [0, 0.1) is 0 Å². The van der Waals surface area contributed by atoms with Crippen molar-refractivity contribution in [2.75, 3.05) is 0 Å². The Morgan fingerprint density at radius 2 is 1.62 bits per heavy atom. The summed E-state index contributed by atoms with van der Waals surface area (Å²) in [5.41, 5.74) is 4.87. The summed E-state index contributed by atoms with van der Waals surface area (Å²) in [4.78, 5) is 20.3. The lowest BCUT2D eigenvalue weighted by atomic mass is 9.90. The van der Waals surface area contributed by atoms with Crippen molar-refractivity contribution in [1.82, 2.24) is 9.97 Å². The van der Waals surface area contributed by atoms with Gasteiger partial charge in [-0.05, 0) is 36.5 Å². The summed E-state index contributed by atoms with van der Waals surface area (Å²) >= 11 is 0. The summed E-state index contributed by atoms with van der Waals surface area (Å²) in [6.45, 7) is 0. The number of nitrogens with one attached hydrogen (secondary N) is 1. The number of fused-ring (bicyclic) bond motifs is 1. The van der Waals surface area contributed by atoms with E-state index in [0.29, 0.717) is 5.82 Å². The molecule has 3 aromatic rings. The number of H-pyrrole nitrogens is 1. The molecule has 1 N–H and O–H groups in total. The van der Waals surface area contributed by atoms with E-state index in [4.69, 9.17) is 4.98 Å². The molecule has 2 aromatic carbocycles. The van der Waals surface area contributed by atoms with Gasteiger partial charge in [0, 0.05) is 11.1 Å². The number of hydrogen-bond donors (Lipinski definition) is 1. The maximum Gasteiger partial charge on any atom is 0.254 e. The topological polar surface area (TPSA) is 45.8 Å². The van der Waals surface area contributed by atoms with Crippen molar-refractivity contribution in [3.63, 3.8) is 0 Å². The van der Waals surface area contributed by atoms with Crippen LogP contribution in [0.3, 0.4) is 0 Å². The average Bonchev–Trinajstić information content (AvgIpc) is 2.64. The number of aromatic amines is 1. The van der Waals surface area contributed by atoms with Gasteiger partial charge >= 0.3 is 0 Å². The zero-order valence-corrected chi connectivity index (χ0v) is 13.3. The normalized spacial score (nSPS) is 15.2. The van der Waals surface area contributed by atoms with Crippen molar-refractivity contribution in [3.8, 4) is 11.4 Å². The fourth-order valence-corrected chi connectivity index (χ4v) is 3.19. The molecule has 3 nitrogen and oxygen atoms in total. The van der Waals surface area contributed by atoms with Gasteiger partial charge in [0.2, 0.25) is 0 Å². The number of aromatic nitrogens is 2. The second kappa shape index (κ2) is 6.28. The summed E-state index contributed by atoms with van der Waals surface area (Å²) in [5, 5.41) is 0. The van der Waals surface area contributed by atoms with E-state index in [1.54, 1.807) is 0 Å². The van der Waals surface area contributed by atoms with E-state index in [1.807, 2.05) is 48.5 Å². The molecule has 1 aliphatic rings. The van der Waals surface area contributed by atoms with Crippen LogP contribution in [0.1, 0.15) is 29.7 Å². The van der Waals surface area contributed by atoms with E-state index in [-0.39, 0.29) is 5.56 Å². The Morgan fingerprint density at radius 1 is 0.917 bits per heavy atom. The number of nitrogens with zero attached hydrogens (tertiary/aromatic N) is 1. The predicted octanol–water partition coefficient (Wildman–Crippen LogP) is 4.31. The molecule has 0 saturated carbocycles. The molecule has 1 aromatic heterocycles. The minimum Gasteiger partial charge on any atom is -0.306 e. The number of hydrogen-bond acceptors (Lipinski definition) is 2. The minimum atomic E-state index is -0.0162. The van der Waals surface area contributed by atoms with Crippen molar-refractivity contribution >= 4 is 11.6 Å². The smallest absolute Gasteiger partial charge is 0.254 e. The van der Waals surface area contributed by atoms with Crippen LogP contribution < -0.4 is 5.56 Å². The van der Waals surface area contributed by atoms with Crippen LogP contribution in [-0.4, -0.2) is 9.97 Å². The molecule has 0 saturated heterocycles. The third-order valence-corrected chi connectivity index (χ3v) is 4.38. The molecule has 0 unspecified atom stereocenters. The van der Waals surface area contributed by atoms with Gasteiger partial charge in [0.25, 0.3) is 5.56 Å². The summed E-state index contributed by atoms with van der Waals surface area (Å²) < 4.78 is 0. The molecular formula is C21H18N2O. The van der Waals surface area contributed by atoms with Gasteiger partial charge in [-0.2, -0.15) is 0 Å². The van der Waals surface area contributed by atoms with Crippen molar-refractivity contribution in [3.05, 3.63) is 87.8 Å². The number of allylic oxidation sites excluding steroid dienone is 1. The van der Waals surface area contributed by atoms with E-state index in [0.717, 1.165) is 47.2 Å². The Balaban J connectivity index is 1.86. The van der Waals surface area contributed by atoms with Crippen LogP contribution in [0.5, 0.6) is 0 Å². The molecule has 1 aliphatic carbocycles. The van der Waals surface area contributed by atoms with E-state index in [2.05, 4.69) is 23.2 Å². The maximum absolute atomic E-state index is 12.5. The van der Waals surface area contributed by atoms with Gasteiger partial charge in [-0.3, -0.25) is 4.79 Å². The van der Waals surface area contributed by atoms with Gasteiger partial charge in [0.15, 0.2) is 0 Å². The van der Waals surface area contributed by atoms with Crippen LogP contribution in [0.2, 0.25) is 0 Å². The van der Waals surface area contributed by atoms with Gasteiger partial charge in [-0.15, -0.1) is 0 Å². The van der Waals surface area contributed by atoms with Gasteiger partial charge in [0.1, 0.15) is 5.82 Å². The molecule has 0 amide bonds. The standard InChI is InChI=1S/C21H18N2O/c24-21-18-13-7-12-17(14-15-8-3-1-4-9-15)19(18)22-20(23-21)16-10-5-2-6-11-16/h1-6,8-11,14H,7,12-13H2,(H,22,23,24). The van der Waals surface area contributed by atoms with Gasteiger partial charge < -0.3 is 4.98 Å². The average molecular weight is 314 g/mol. The zero-order chi connectivity index (χ0) is 16.4. The zero-order valence-electron chi connectivity index (χ0n) is 13.3. The molecule has 0 fully saturated rings. The first-order valence-electron chi connectivity index (χ1n) is 8.26. The molecular weight excluding hydrogens is 296 g/mol. The van der Waals surface area contributed by atoms with Crippen molar-refractivity contribution in [1.29, 1.82) is 0 Å². The first-order valence-corrected chi connectivity index (χ1v) is 8.26. The Hall–Kier alpha value is -2.94. The fourth-order valence-electron chi connectivity index (χ4n) is 3.19. The first-order chi connectivity index (χ1) is 11.8. The van der Waals surface area contributed by atoms with Crippen molar-refractivity contribution in [2.24, 2.45) is 0 Å². The van der Waals surface area contributed by atoms with Gasteiger partial charge in [-0.25, -0.2) is 4.98 Å². The van der Waals surface area contributed by atoms with Crippen LogP contribution >= 0.6 is 0 Å². The molecule has 118 valence electrons. The Morgan fingerprint density at radius 3 is 2.38 bits per heavy atom.